The van der Waals surface area contributed by atoms with Crippen molar-refractivity contribution in [2.75, 3.05) is 32.6 Å². The van der Waals surface area contributed by atoms with E-state index in [2.05, 4.69) is 41.3 Å². The van der Waals surface area contributed by atoms with Crippen LogP contribution in [-0.2, 0) is 9.53 Å². The Labute approximate surface area is 167 Å². The van der Waals surface area contributed by atoms with Gasteiger partial charge in [0.25, 0.3) is 0 Å². The monoisotopic (exact) mass is 391 g/mol. The molecule has 0 aliphatic carbocycles. The molecular weight excluding hydrogens is 358 g/mol. The summed E-state index contributed by atoms with van der Waals surface area (Å²) >= 11 is 1.70. The van der Waals surface area contributed by atoms with Crippen molar-refractivity contribution >= 4 is 22.7 Å². The molecule has 1 saturated heterocycles. The van der Waals surface area contributed by atoms with Crippen molar-refractivity contribution < 1.29 is 9.53 Å². The van der Waals surface area contributed by atoms with Gasteiger partial charge in [-0.15, -0.1) is 11.8 Å². The van der Waals surface area contributed by atoms with E-state index < -0.39 is 0 Å². The number of carbonyl (C=O) groups is 1. The van der Waals surface area contributed by atoms with Crippen LogP contribution in [0, 0.1) is 5.92 Å². The summed E-state index contributed by atoms with van der Waals surface area (Å²) in [7, 11) is 1.93. The van der Waals surface area contributed by atoms with E-state index in [1.165, 1.54) is 5.57 Å². The SMILES string of the molecule is C=C1/C=C\C(CC)=C/CSC(CCC(=O)NC(CNC)C2CCOCC2)=N1. The molecule has 6 heteroatoms. The lowest BCUT2D eigenvalue weighted by Crippen LogP contribution is -2.47. The van der Waals surface area contributed by atoms with Gasteiger partial charge in [0.2, 0.25) is 5.91 Å². The normalized spacial score (nSPS) is 23.3. The number of rotatable bonds is 8. The van der Waals surface area contributed by atoms with Gasteiger partial charge in [0.05, 0.1) is 10.7 Å². The van der Waals surface area contributed by atoms with Crippen LogP contribution in [0.4, 0.5) is 0 Å². The van der Waals surface area contributed by atoms with Crippen molar-refractivity contribution in [2.45, 2.75) is 45.1 Å². The van der Waals surface area contributed by atoms with Crippen molar-refractivity contribution in [3.05, 3.63) is 36.1 Å². The zero-order valence-corrected chi connectivity index (χ0v) is 17.4. The van der Waals surface area contributed by atoms with E-state index in [9.17, 15) is 4.79 Å². The van der Waals surface area contributed by atoms with Gasteiger partial charge >= 0.3 is 0 Å². The Morgan fingerprint density at radius 3 is 2.89 bits per heavy atom. The number of nitrogens with one attached hydrogen (secondary N) is 2. The number of ether oxygens (including phenoxy) is 1. The van der Waals surface area contributed by atoms with E-state index in [0.717, 1.165) is 55.5 Å². The van der Waals surface area contributed by atoms with Crippen LogP contribution in [0.1, 0.15) is 39.0 Å². The van der Waals surface area contributed by atoms with Gasteiger partial charge in [0, 0.05) is 44.4 Å². The molecule has 1 atom stereocenters. The van der Waals surface area contributed by atoms with Gasteiger partial charge in [-0.2, -0.15) is 0 Å². The van der Waals surface area contributed by atoms with Crippen LogP contribution in [0.3, 0.4) is 0 Å². The first kappa shape index (κ1) is 21.9. The van der Waals surface area contributed by atoms with Crippen molar-refractivity contribution in [3.8, 4) is 0 Å². The average molecular weight is 392 g/mol. The van der Waals surface area contributed by atoms with E-state index in [-0.39, 0.29) is 11.9 Å². The fraction of sp³-hybridized carbons (Fsp3) is 0.619. The fourth-order valence-electron chi connectivity index (χ4n) is 3.31. The van der Waals surface area contributed by atoms with Crippen LogP contribution in [0.5, 0.6) is 0 Å². The Morgan fingerprint density at radius 1 is 1.41 bits per heavy atom. The van der Waals surface area contributed by atoms with E-state index in [0.29, 0.717) is 18.8 Å². The van der Waals surface area contributed by atoms with Gasteiger partial charge in [-0.05, 0) is 38.3 Å². The maximum Gasteiger partial charge on any atom is 0.220 e. The van der Waals surface area contributed by atoms with Crippen molar-refractivity contribution in [1.29, 1.82) is 0 Å². The number of likely N-dealkylation sites (N-methyl/N-ethyl adjacent to an activating group) is 1. The Morgan fingerprint density at radius 2 is 2.19 bits per heavy atom. The van der Waals surface area contributed by atoms with Crippen LogP contribution in [-0.4, -0.2) is 49.6 Å². The fourth-order valence-corrected chi connectivity index (χ4v) is 4.23. The minimum absolute atomic E-state index is 0.0934. The second-order valence-corrected chi connectivity index (χ2v) is 8.05. The van der Waals surface area contributed by atoms with Crippen LogP contribution in [0.2, 0.25) is 0 Å². The average Bonchev–Trinajstić information content (AvgIpc) is 2.77. The molecule has 0 aromatic carbocycles. The van der Waals surface area contributed by atoms with Crippen molar-refractivity contribution in [2.24, 2.45) is 10.9 Å². The molecule has 0 bridgehead atoms. The largest absolute Gasteiger partial charge is 0.381 e. The number of hydrogen-bond acceptors (Lipinski definition) is 5. The van der Waals surface area contributed by atoms with Crippen LogP contribution >= 0.6 is 11.8 Å². The van der Waals surface area contributed by atoms with Crippen molar-refractivity contribution in [3.63, 3.8) is 0 Å². The summed E-state index contributed by atoms with van der Waals surface area (Å²) in [6.07, 6.45) is 10.4. The smallest absolute Gasteiger partial charge is 0.220 e. The molecule has 27 heavy (non-hydrogen) atoms. The molecule has 1 fully saturated rings. The molecule has 2 rings (SSSR count). The van der Waals surface area contributed by atoms with Crippen LogP contribution < -0.4 is 10.6 Å². The second-order valence-electron chi connectivity index (χ2n) is 6.96. The number of carbonyl (C=O) groups excluding carboxylic acids is 1. The van der Waals surface area contributed by atoms with E-state index in [1.54, 1.807) is 11.8 Å². The third kappa shape index (κ3) is 8.03. The van der Waals surface area contributed by atoms with E-state index in [4.69, 9.17) is 4.74 Å². The lowest BCUT2D eigenvalue weighted by atomic mass is 9.91. The highest BCUT2D eigenvalue weighted by molar-refractivity contribution is 8.14. The zero-order chi connectivity index (χ0) is 19.5. The first-order valence-corrected chi connectivity index (χ1v) is 10.9. The third-order valence-corrected chi connectivity index (χ3v) is 5.90. The molecule has 2 aliphatic rings. The minimum atomic E-state index is 0.0934. The lowest BCUT2D eigenvalue weighted by molar-refractivity contribution is -0.122. The molecule has 5 nitrogen and oxygen atoms in total. The van der Waals surface area contributed by atoms with E-state index in [1.807, 2.05) is 13.1 Å². The number of aliphatic imine (C=N–C) groups is 1. The molecular formula is C21H33N3O2S. The quantitative estimate of drug-likeness (QED) is 0.665. The molecule has 150 valence electrons. The Balaban J connectivity index is 1.87. The maximum absolute atomic E-state index is 12.5. The third-order valence-electron chi connectivity index (χ3n) is 4.93. The molecule has 0 aromatic rings. The molecule has 1 amide bonds. The summed E-state index contributed by atoms with van der Waals surface area (Å²) in [5.41, 5.74) is 2.04. The molecule has 2 heterocycles. The lowest BCUT2D eigenvalue weighted by Gasteiger charge is -2.31. The van der Waals surface area contributed by atoms with Crippen LogP contribution in [0.15, 0.2) is 41.1 Å². The summed E-state index contributed by atoms with van der Waals surface area (Å²) in [5, 5.41) is 7.41. The molecule has 0 saturated carbocycles. The topological polar surface area (TPSA) is 62.7 Å². The number of allylic oxidation sites excluding steroid dienone is 3. The standard InChI is InChI=1S/C21H33N3O2S/c1-4-17-6-5-16(2)23-21(27-14-11-17)8-7-20(25)24-19(15-22-3)18-9-12-26-13-10-18/h5-6,11,18-19,22H,2,4,7-10,12-15H2,1,3H3,(H,24,25)/b6-5-,17-11-,23-21?. The molecule has 2 aliphatic heterocycles. The number of amides is 1. The van der Waals surface area contributed by atoms with E-state index >= 15 is 0 Å². The van der Waals surface area contributed by atoms with Gasteiger partial charge in [-0.3, -0.25) is 4.79 Å². The minimum Gasteiger partial charge on any atom is -0.381 e. The predicted molar refractivity (Wildman–Crippen MR) is 115 cm³/mol. The van der Waals surface area contributed by atoms with Crippen molar-refractivity contribution in [1.82, 2.24) is 10.6 Å². The molecule has 2 N–H and O–H groups in total. The molecule has 0 aromatic heterocycles. The summed E-state index contributed by atoms with van der Waals surface area (Å²) in [6.45, 7) is 8.52. The maximum atomic E-state index is 12.5. The van der Waals surface area contributed by atoms with Gasteiger partial charge < -0.3 is 15.4 Å². The molecule has 0 radical (unpaired) electrons. The zero-order valence-electron chi connectivity index (χ0n) is 16.6. The van der Waals surface area contributed by atoms with Gasteiger partial charge in [-0.1, -0.05) is 31.2 Å². The first-order valence-electron chi connectivity index (χ1n) is 9.90. The number of hydrogen-bond donors (Lipinski definition) is 2. The first-order chi connectivity index (χ1) is 13.1. The summed E-state index contributed by atoms with van der Waals surface area (Å²) in [6, 6.07) is 0.162. The van der Waals surface area contributed by atoms with Crippen LogP contribution in [0.25, 0.3) is 0 Å². The number of thioether (sulfide) groups is 1. The summed E-state index contributed by atoms with van der Waals surface area (Å²) in [4.78, 5) is 17.1. The number of nitrogens with zero attached hydrogens (tertiary/aromatic N) is 1. The Kier molecular flexibility index (Phi) is 9.87. The molecule has 0 spiro atoms. The van der Waals surface area contributed by atoms with Gasteiger partial charge in [0.1, 0.15) is 0 Å². The summed E-state index contributed by atoms with van der Waals surface area (Å²) < 4.78 is 5.45. The van der Waals surface area contributed by atoms with Gasteiger partial charge in [-0.25, -0.2) is 4.99 Å². The highest BCUT2D eigenvalue weighted by Gasteiger charge is 2.25. The second kappa shape index (κ2) is 12.2. The Hall–Kier alpha value is -1.37. The summed E-state index contributed by atoms with van der Waals surface area (Å²) in [5.74, 6) is 1.45. The predicted octanol–water partition coefficient (Wildman–Crippen LogP) is 3.45. The van der Waals surface area contributed by atoms with Gasteiger partial charge in [0.15, 0.2) is 0 Å². The Bertz CT molecular complexity index is 592. The molecule has 1 unspecified atom stereocenters. The highest BCUT2D eigenvalue weighted by atomic mass is 32.2. The highest BCUT2D eigenvalue weighted by Crippen LogP contribution is 2.20.